The van der Waals surface area contributed by atoms with E-state index in [1.165, 1.54) is 0 Å². The van der Waals surface area contributed by atoms with Crippen LogP contribution in [-0.2, 0) is 0 Å². The molecule has 0 radical (unpaired) electrons. The van der Waals surface area contributed by atoms with Gasteiger partial charge in [0, 0.05) is 18.8 Å². The quantitative estimate of drug-likeness (QED) is 0.843. The average Bonchev–Trinajstić information content (AvgIpc) is 2.26. The van der Waals surface area contributed by atoms with Crippen LogP contribution in [0.5, 0.6) is 0 Å². The molecule has 100 valence electrons. The summed E-state index contributed by atoms with van der Waals surface area (Å²) in [6.07, 6.45) is 2.00. The maximum absolute atomic E-state index is 11.4. The molecule has 18 heavy (non-hydrogen) atoms. The lowest BCUT2D eigenvalue weighted by molar-refractivity contribution is 0.0696. The van der Waals surface area contributed by atoms with Gasteiger partial charge in [0.05, 0.1) is 11.4 Å². The molecule has 0 spiro atoms. The highest BCUT2D eigenvalue weighted by atomic mass is 16.4. The number of carbonyl (C=O) groups is 1. The number of hydrogen-bond acceptors (Lipinski definition) is 3. The van der Waals surface area contributed by atoms with Gasteiger partial charge in [0.2, 0.25) is 0 Å². The van der Waals surface area contributed by atoms with Gasteiger partial charge in [0.25, 0.3) is 0 Å². The van der Waals surface area contributed by atoms with E-state index >= 15 is 0 Å². The van der Waals surface area contributed by atoms with Gasteiger partial charge >= 0.3 is 5.97 Å². The molecule has 0 atom stereocenters. The van der Waals surface area contributed by atoms with Crippen LogP contribution in [0.25, 0.3) is 0 Å². The molecule has 0 aliphatic heterocycles. The van der Waals surface area contributed by atoms with Crippen molar-refractivity contribution in [2.75, 3.05) is 18.0 Å². The van der Waals surface area contributed by atoms with Crippen LogP contribution in [0, 0.1) is 13.8 Å². The second kappa shape index (κ2) is 6.38. The molecule has 0 unspecified atom stereocenters. The number of anilines is 1. The second-order valence-electron chi connectivity index (χ2n) is 4.54. The molecular weight excluding hydrogens is 228 g/mol. The maximum atomic E-state index is 11.4. The molecule has 0 saturated heterocycles. The number of aromatic nitrogens is 1. The van der Waals surface area contributed by atoms with E-state index in [9.17, 15) is 9.90 Å². The molecule has 1 aromatic heterocycles. The Kier molecular flexibility index (Phi) is 5.13. The van der Waals surface area contributed by atoms with Gasteiger partial charge in [-0.25, -0.2) is 4.79 Å². The zero-order valence-corrected chi connectivity index (χ0v) is 11.7. The molecule has 0 aliphatic rings. The Morgan fingerprint density at radius 1 is 1.28 bits per heavy atom. The molecule has 4 nitrogen and oxygen atoms in total. The van der Waals surface area contributed by atoms with Crippen molar-refractivity contribution in [1.82, 2.24) is 4.98 Å². The van der Waals surface area contributed by atoms with Crippen molar-refractivity contribution >= 4 is 11.7 Å². The van der Waals surface area contributed by atoms with E-state index in [1.54, 1.807) is 6.92 Å². The summed E-state index contributed by atoms with van der Waals surface area (Å²) in [5.74, 6) is -0.896. The van der Waals surface area contributed by atoms with E-state index < -0.39 is 5.97 Å². The molecule has 0 saturated carbocycles. The van der Waals surface area contributed by atoms with E-state index in [0.29, 0.717) is 11.3 Å². The highest BCUT2D eigenvalue weighted by molar-refractivity contribution is 5.95. The fourth-order valence-corrected chi connectivity index (χ4v) is 2.21. The summed E-state index contributed by atoms with van der Waals surface area (Å²) < 4.78 is 0. The van der Waals surface area contributed by atoms with E-state index in [4.69, 9.17) is 0 Å². The number of aryl methyl sites for hydroxylation is 2. The zero-order valence-electron chi connectivity index (χ0n) is 11.7. The van der Waals surface area contributed by atoms with Crippen molar-refractivity contribution in [3.63, 3.8) is 0 Å². The van der Waals surface area contributed by atoms with Crippen LogP contribution < -0.4 is 4.90 Å². The van der Waals surface area contributed by atoms with E-state index in [1.807, 2.05) is 13.0 Å². The van der Waals surface area contributed by atoms with Crippen molar-refractivity contribution in [3.05, 3.63) is 23.0 Å². The largest absolute Gasteiger partial charge is 0.478 e. The summed E-state index contributed by atoms with van der Waals surface area (Å²) in [4.78, 5) is 17.8. The van der Waals surface area contributed by atoms with Gasteiger partial charge in [0.15, 0.2) is 0 Å². The third-order valence-corrected chi connectivity index (χ3v) is 2.85. The second-order valence-corrected chi connectivity index (χ2v) is 4.54. The van der Waals surface area contributed by atoms with Gasteiger partial charge in [0.1, 0.15) is 5.56 Å². The lowest BCUT2D eigenvalue weighted by Gasteiger charge is -2.26. The topological polar surface area (TPSA) is 53.4 Å². The molecule has 1 heterocycles. The Bertz CT molecular complexity index is 424. The molecule has 1 N–H and O–H groups in total. The lowest BCUT2D eigenvalue weighted by atomic mass is 10.1. The van der Waals surface area contributed by atoms with Crippen LogP contribution >= 0.6 is 0 Å². The van der Waals surface area contributed by atoms with Gasteiger partial charge in [-0.2, -0.15) is 0 Å². The molecule has 4 heteroatoms. The fraction of sp³-hybridized carbons (Fsp3) is 0.571. The van der Waals surface area contributed by atoms with Crippen LogP contribution in [-0.4, -0.2) is 29.1 Å². The summed E-state index contributed by atoms with van der Waals surface area (Å²) in [6, 6.07) is 1.88. The van der Waals surface area contributed by atoms with Gasteiger partial charge in [-0.1, -0.05) is 13.8 Å². The molecule has 1 aromatic rings. The third-order valence-electron chi connectivity index (χ3n) is 2.85. The summed E-state index contributed by atoms with van der Waals surface area (Å²) in [6.45, 7) is 9.61. The standard InChI is InChI=1S/C14H22N2O2/c1-5-7-16(8-6-2)12-9-10(3)15-11(4)13(12)14(17)18/h9H,5-8H2,1-4H3,(H,17,18). The minimum atomic E-state index is -0.896. The number of pyridine rings is 1. The first-order valence-corrected chi connectivity index (χ1v) is 6.47. The number of hydrogen-bond donors (Lipinski definition) is 1. The van der Waals surface area contributed by atoms with Gasteiger partial charge in [-0.3, -0.25) is 4.98 Å². The highest BCUT2D eigenvalue weighted by Gasteiger charge is 2.19. The molecule has 0 bridgehead atoms. The van der Waals surface area contributed by atoms with Crippen LogP contribution in [0.1, 0.15) is 48.4 Å². The summed E-state index contributed by atoms with van der Waals surface area (Å²) in [5.41, 5.74) is 2.60. The van der Waals surface area contributed by atoms with Gasteiger partial charge in [-0.05, 0) is 32.8 Å². The van der Waals surface area contributed by atoms with Crippen LogP contribution in [0.4, 0.5) is 5.69 Å². The van der Waals surface area contributed by atoms with Crippen LogP contribution in [0.15, 0.2) is 6.07 Å². The molecule has 0 fully saturated rings. The van der Waals surface area contributed by atoms with Gasteiger partial charge < -0.3 is 10.0 Å². The van der Waals surface area contributed by atoms with E-state index in [2.05, 4.69) is 23.7 Å². The molecular formula is C14H22N2O2. The fourth-order valence-electron chi connectivity index (χ4n) is 2.21. The maximum Gasteiger partial charge on any atom is 0.339 e. The summed E-state index contributed by atoms with van der Waals surface area (Å²) in [5, 5.41) is 9.36. The molecule has 0 aliphatic carbocycles. The monoisotopic (exact) mass is 250 g/mol. The predicted molar refractivity (Wildman–Crippen MR) is 73.5 cm³/mol. The highest BCUT2D eigenvalue weighted by Crippen LogP contribution is 2.24. The van der Waals surface area contributed by atoms with Crippen molar-refractivity contribution in [1.29, 1.82) is 0 Å². The SMILES string of the molecule is CCCN(CCC)c1cc(C)nc(C)c1C(=O)O. The van der Waals surface area contributed by atoms with Crippen molar-refractivity contribution < 1.29 is 9.90 Å². The third kappa shape index (κ3) is 3.22. The first kappa shape index (κ1) is 14.5. The summed E-state index contributed by atoms with van der Waals surface area (Å²) in [7, 11) is 0. The number of nitrogens with zero attached hydrogens (tertiary/aromatic N) is 2. The Hall–Kier alpha value is -1.58. The zero-order chi connectivity index (χ0) is 13.7. The number of carboxylic acid groups (broad SMARTS) is 1. The first-order valence-electron chi connectivity index (χ1n) is 6.47. The normalized spacial score (nSPS) is 10.4. The Morgan fingerprint density at radius 2 is 1.83 bits per heavy atom. The number of aromatic carboxylic acids is 1. The Labute approximate surface area is 109 Å². The predicted octanol–water partition coefficient (Wildman–Crippen LogP) is 3.02. The molecule has 0 amide bonds. The van der Waals surface area contributed by atoms with Crippen molar-refractivity contribution in [3.8, 4) is 0 Å². The lowest BCUT2D eigenvalue weighted by Crippen LogP contribution is -2.27. The average molecular weight is 250 g/mol. The molecule has 1 rings (SSSR count). The van der Waals surface area contributed by atoms with E-state index in [0.717, 1.165) is 37.3 Å². The minimum absolute atomic E-state index is 0.336. The Morgan fingerprint density at radius 3 is 2.28 bits per heavy atom. The molecule has 0 aromatic carbocycles. The number of carboxylic acids is 1. The van der Waals surface area contributed by atoms with E-state index in [-0.39, 0.29) is 0 Å². The minimum Gasteiger partial charge on any atom is -0.478 e. The number of rotatable bonds is 6. The van der Waals surface area contributed by atoms with Crippen molar-refractivity contribution in [2.45, 2.75) is 40.5 Å². The smallest absolute Gasteiger partial charge is 0.339 e. The summed E-state index contributed by atoms with van der Waals surface area (Å²) >= 11 is 0. The van der Waals surface area contributed by atoms with Crippen LogP contribution in [0.2, 0.25) is 0 Å². The van der Waals surface area contributed by atoms with Crippen LogP contribution in [0.3, 0.4) is 0 Å². The van der Waals surface area contributed by atoms with Gasteiger partial charge in [-0.15, -0.1) is 0 Å². The Balaban J connectivity index is 3.29. The first-order chi connectivity index (χ1) is 8.51. The van der Waals surface area contributed by atoms with Crippen molar-refractivity contribution in [2.24, 2.45) is 0 Å².